The number of amides is 1. The van der Waals surface area contributed by atoms with Gasteiger partial charge in [0.05, 0.1) is 17.4 Å². The Kier molecular flexibility index (Phi) is 7.79. The van der Waals surface area contributed by atoms with Crippen molar-refractivity contribution >= 4 is 56.4 Å². The molecule has 0 radical (unpaired) electrons. The summed E-state index contributed by atoms with van der Waals surface area (Å²) in [5.41, 5.74) is 1.63. The number of carboxylic acids is 1. The number of carboxylic acid groups (broad SMARTS) is 1. The van der Waals surface area contributed by atoms with Gasteiger partial charge in [0.15, 0.2) is 0 Å². The Morgan fingerprint density at radius 3 is 2.73 bits per heavy atom. The summed E-state index contributed by atoms with van der Waals surface area (Å²) >= 11 is 2.70. The zero-order valence-corrected chi connectivity index (χ0v) is 18.5. The summed E-state index contributed by atoms with van der Waals surface area (Å²) in [5.74, 6) is -2.23. The maximum Gasteiger partial charge on any atom is 0.490 e. The van der Waals surface area contributed by atoms with Crippen LogP contribution in [0.5, 0.6) is 0 Å². The summed E-state index contributed by atoms with van der Waals surface area (Å²) in [4.78, 5) is 34.2. The lowest BCUT2D eigenvalue weighted by molar-refractivity contribution is -0.192. The molecule has 0 aliphatic carbocycles. The molecule has 0 atom stereocenters. The van der Waals surface area contributed by atoms with Crippen molar-refractivity contribution in [1.82, 2.24) is 15.3 Å². The third-order valence-corrected chi connectivity index (χ3v) is 6.13. The van der Waals surface area contributed by atoms with E-state index in [0.29, 0.717) is 21.6 Å². The Hall–Kier alpha value is -3.28. The van der Waals surface area contributed by atoms with Crippen molar-refractivity contribution in [2.45, 2.75) is 12.6 Å². The minimum absolute atomic E-state index is 0.268. The average molecular weight is 499 g/mol. The van der Waals surface area contributed by atoms with E-state index in [-0.39, 0.29) is 5.91 Å². The number of carbonyl (C=O) groups excluding carboxylic acids is 1. The van der Waals surface area contributed by atoms with Crippen LogP contribution in [0.3, 0.4) is 0 Å². The van der Waals surface area contributed by atoms with E-state index in [0.717, 1.165) is 43.2 Å². The first-order valence-electron chi connectivity index (χ1n) is 9.49. The van der Waals surface area contributed by atoms with Crippen LogP contribution in [0.4, 0.5) is 24.7 Å². The minimum atomic E-state index is -5.08. The van der Waals surface area contributed by atoms with Gasteiger partial charge in [-0.2, -0.15) is 18.4 Å². The van der Waals surface area contributed by atoms with Gasteiger partial charge in [-0.15, -0.1) is 22.7 Å². The smallest absolute Gasteiger partial charge is 0.475 e. The summed E-state index contributed by atoms with van der Waals surface area (Å²) in [6, 6.07) is 3.82. The summed E-state index contributed by atoms with van der Waals surface area (Å²) in [6.45, 7) is 3.69. The van der Waals surface area contributed by atoms with Gasteiger partial charge in [-0.1, -0.05) is 0 Å². The molecule has 1 saturated heterocycles. The fourth-order valence-electron chi connectivity index (χ4n) is 2.87. The second-order valence-corrected chi connectivity index (χ2v) is 8.43. The van der Waals surface area contributed by atoms with Crippen LogP contribution in [0.1, 0.15) is 21.7 Å². The largest absolute Gasteiger partial charge is 0.490 e. The molecule has 1 aliphatic rings. The van der Waals surface area contributed by atoms with E-state index in [9.17, 15) is 18.0 Å². The van der Waals surface area contributed by atoms with Gasteiger partial charge in [-0.25, -0.2) is 14.8 Å². The number of hydrogen-bond acceptors (Lipinski definition) is 9. The van der Waals surface area contributed by atoms with Gasteiger partial charge in [0.25, 0.3) is 5.91 Å². The molecule has 0 bridgehead atoms. The molecular weight excluding hydrogens is 481 g/mol. The van der Waals surface area contributed by atoms with E-state index in [2.05, 4.69) is 26.6 Å². The van der Waals surface area contributed by atoms with Crippen LogP contribution in [-0.4, -0.2) is 59.3 Å². The number of thiophene rings is 2. The number of halogens is 3. The lowest BCUT2D eigenvalue weighted by Gasteiger charge is -2.20. The van der Waals surface area contributed by atoms with Gasteiger partial charge >= 0.3 is 12.1 Å². The van der Waals surface area contributed by atoms with Gasteiger partial charge in [0.1, 0.15) is 27.1 Å². The number of rotatable bonds is 3. The van der Waals surface area contributed by atoms with E-state index in [1.54, 1.807) is 23.0 Å². The number of anilines is 2. The van der Waals surface area contributed by atoms with E-state index in [1.807, 2.05) is 0 Å². The zero-order valence-electron chi connectivity index (χ0n) is 16.8. The molecule has 0 unspecified atom stereocenters. The summed E-state index contributed by atoms with van der Waals surface area (Å²) in [6.07, 6.45) is -2.26. The van der Waals surface area contributed by atoms with Crippen molar-refractivity contribution < 1.29 is 27.9 Å². The van der Waals surface area contributed by atoms with Crippen LogP contribution < -0.4 is 15.5 Å². The molecule has 174 valence electrons. The first kappa shape index (κ1) is 24.4. The fourth-order valence-corrected chi connectivity index (χ4v) is 4.34. The molecule has 4 heterocycles. The standard InChI is InChI=1S/C17H16N6OS2.C2HF3O2/c18-8-13-12(2-7-25-13)21-16(24)11-10-26-17-15(11)22-14(9-20-17)23-5-1-3-19-4-6-23;3-2(4,5)1(6)7/h2,7,9-10,19H,1,3-6H2,(H,21,24);(H,6,7). The second-order valence-electron chi connectivity index (χ2n) is 6.65. The monoisotopic (exact) mass is 498 g/mol. The maximum atomic E-state index is 12.7. The van der Waals surface area contributed by atoms with Crippen molar-refractivity contribution in [2.24, 2.45) is 0 Å². The molecule has 0 spiro atoms. The molecule has 0 aromatic carbocycles. The highest BCUT2D eigenvalue weighted by Crippen LogP contribution is 2.27. The number of aromatic nitrogens is 2. The average Bonchev–Trinajstić information content (AvgIpc) is 3.30. The van der Waals surface area contributed by atoms with Gasteiger partial charge in [0.2, 0.25) is 0 Å². The number of alkyl halides is 3. The van der Waals surface area contributed by atoms with Gasteiger partial charge in [-0.3, -0.25) is 4.79 Å². The first-order chi connectivity index (χ1) is 15.7. The second kappa shape index (κ2) is 10.6. The van der Waals surface area contributed by atoms with E-state index in [1.165, 1.54) is 22.7 Å². The van der Waals surface area contributed by atoms with Crippen molar-refractivity contribution in [3.8, 4) is 6.07 Å². The molecule has 14 heteroatoms. The van der Waals surface area contributed by atoms with Crippen LogP contribution in [0.25, 0.3) is 10.3 Å². The number of fused-ring (bicyclic) bond motifs is 1. The Balaban J connectivity index is 0.000000383. The van der Waals surface area contributed by atoms with Crippen LogP contribution in [0.2, 0.25) is 0 Å². The Labute approximate surface area is 193 Å². The topological polar surface area (TPSA) is 131 Å². The molecule has 3 aromatic heterocycles. The first-order valence-corrected chi connectivity index (χ1v) is 11.3. The molecule has 0 saturated carbocycles. The Morgan fingerprint density at radius 2 is 2.03 bits per heavy atom. The number of nitriles is 1. The number of carbonyl (C=O) groups is 2. The predicted octanol–water partition coefficient (Wildman–Crippen LogP) is 3.31. The van der Waals surface area contributed by atoms with Gasteiger partial charge in [0, 0.05) is 25.0 Å². The number of aliphatic carboxylic acids is 1. The highest BCUT2D eigenvalue weighted by atomic mass is 32.1. The molecule has 3 aromatic rings. The molecule has 33 heavy (non-hydrogen) atoms. The molecule has 4 rings (SSSR count). The van der Waals surface area contributed by atoms with Crippen molar-refractivity contribution in [3.63, 3.8) is 0 Å². The summed E-state index contributed by atoms with van der Waals surface area (Å²) < 4.78 is 31.7. The lowest BCUT2D eigenvalue weighted by atomic mass is 10.2. The zero-order chi connectivity index (χ0) is 24.0. The van der Waals surface area contributed by atoms with Crippen LogP contribution in [0.15, 0.2) is 23.0 Å². The Bertz CT molecular complexity index is 1180. The van der Waals surface area contributed by atoms with E-state index < -0.39 is 12.1 Å². The molecule has 1 aliphatic heterocycles. The maximum absolute atomic E-state index is 12.7. The fraction of sp³-hybridized carbons (Fsp3) is 0.316. The molecular formula is C19H17F3N6O3S2. The SMILES string of the molecule is N#Cc1sccc1NC(=O)c1csc2ncc(N3CCCNCC3)nc12.O=C(O)C(F)(F)F. The van der Waals surface area contributed by atoms with E-state index in [4.69, 9.17) is 20.1 Å². The summed E-state index contributed by atoms with van der Waals surface area (Å²) in [7, 11) is 0. The number of hydrogen-bond donors (Lipinski definition) is 3. The van der Waals surface area contributed by atoms with E-state index >= 15 is 0 Å². The van der Waals surface area contributed by atoms with Crippen LogP contribution in [0, 0.1) is 11.3 Å². The Morgan fingerprint density at radius 1 is 1.27 bits per heavy atom. The molecule has 1 fully saturated rings. The van der Waals surface area contributed by atoms with Crippen molar-refractivity contribution in [3.05, 3.63) is 33.5 Å². The normalized spacial score (nSPS) is 14.1. The van der Waals surface area contributed by atoms with Crippen molar-refractivity contribution in [2.75, 3.05) is 36.4 Å². The third kappa shape index (κ3) is 6.15. The predicted molar refractivity (Wildman–Crippen MR) is 118 cm³/mol. The number of nitrogens with zero attached hydrogens (tertiary/aromatic N) is 4. The molecule has 3 N–H and O–H groups in total. The highest BCUT2D eigenvalue weighted by molar-refractivity contribution is 7.17. The molecule has 9 nitrogen and oxygen atoms in total. The lowest BCUT2D eigenvalue weighted by Crippen LogP contribution is -2.28. The quantitative estimate of drug-likeness (QED) is 0.501. The van der Waals surface area contributed by atoms with Crippen molar-refractivity contribution in [1.29, 1.82) is 5.26 Å². The van der Waals surface area contributed by atoms with Gasteiger partial charge in [-0.05, 0) is 24.4 Å². The van der Waals surface area contributed by atoms with Crippen LogP contribution in [-0.2, 0) is 4.79 Å². The number of nitrogens with one attached hydrogen (secondary N) is 2. The molecule has 1 amide bonds. The van der Waals surface area contributed by atoms with Crippen LogP contribution >= 0.6 is 22.7 Å². The van der Waals surface area contributed by atoms with Gasteiger partial charge < -0.3 is 20.6 Å². The minimum Gasteiger partial charge on any atom is -0.475 e. The summed E-state index contributed by atoms with van der Waals surface area (Å²) in [5, 5.41) is 26.0. The third-order valence-electron chi connectivity index (χ3n) is 4.44. The highest BCUT2D eigenvalue weighted by Gasteiger charge is 2.38.